The highest BCUT2D eigenvalue weighted by atomic mass is 16.0. The maximum atomic E-state index is 3.33. The molecule has 0 radical (unpaired) electrons. The van der Waals surface area contributed by atoms with Crippen molar-refractivity contribution in [2.75, 3.05) is 32.7 Å². The van der Waals surface area contributed by atoms with Gasteiger partial charge in [0.1, 0.15) is 0 Å². The fourth-order valence-corrected chi connectivity index (χ4v) is 1.25. The van der Waals surface area contributed by atoms with Crippen LogP contribution >= 0.6 is 0 Å². The van der Waals surface area contributed by atoms with Crippen LogP contribution in [0.1, 0.15) is 13.3 Å². The van der Waals surface area contributed by atoms with Crippen LogP contribution in [0.4, 0.5) is 0 Å². The topological polar surface area (TPSA) is 46.8 Å². The minimum Gasteiger partial charge on any atom is -0.412 e. The molecule has 0 saturated carbocycles. The van der Waals surface area contributed by atoms with Gasteiger partial charge in [-0.25, -0.2) is 0 Å². The summed E-state index contributed by atoms with van der Waals surface area (Å²) in [6, 6.07) is 0. The van der Waals surface area contributed by atoms with Gasteiger partial charge in [0.05, 0.1) is 0 Å². The smallest absolute Gasteiger partial charge is 0.0107 e. The predicted octanol–water partition coefficient (Wildman–Crippen LogP) is -0.523. The van der Waals surface area contributed by atoms with Crippen LogP contribution in [0.2, 0.25) is 0 Å². The summed E-state index contributed by atoms with van der Waals surface area (Å²) in [5, 5.41) is 3.33. The molecule has 10 heavy (non-hydrogen) atoms. The van der Waals surface area contributed by atoms with Gasteiger partial charge in [0.25, 0.3) is 0 Å². The molecule has 1 saturated heterocycles. The van der Waals surface area contributed by atoms with Gasteiger partial charge in [-0.15, -0.1) is 0 Å². The zero-order valence-electron chi connectivity index (χ0n) is 6.69. The first-order chi connectivity index (χ1) is 4.43. The quantitative estimate of drug-likeness (QED) is 0.569. The predicted molar refractivity (Wildman–Crippen MR) is 43.2 cm³/mol. The molecule has 0 aromatic heterocycles. The van der Waals surface area contributed by atoms with E-state index in [4.69, 9.17) is 0 Å². The van der Waals surface area contributed by atoms with Crippen molar-refractivity contribution in [3.8, 4) is 0 Å². The third-order valence-corrected chi connectivity index (χ3v) is 1.75. The fourth-order valence-electron chi connectivity index (χ4n) is 1.25. The van der Waals surface area contributed by atoms with Gasteiger partial charge in [-0.1, -0.05) is 6.92 Å². The molecule has 1 rings (SSSR count). The van der Waals surface area contributed by atoms with Crippen LogP contribution in [0.25, 0.3) is 0 Å². The monoisotopic (exact) mass is 146 g/mol. The Hall–Kier alpha value is -0.120. The summed E-state index contributed by atoms with van der Waals surface area (Å²) in [6.45, 7) is 8.37. The summed E-state index contributed by atoms with van der Waals surface area (Å²) < 4.78 is 0. The number of hydrogen-bond acceptors (Lipinski definition) is 2. The Balaban J connectivity index is 0.000000810. The third kappa shape index (κ3) is 3.15. The molecule has 3 heteroatoms. The molecule has 0 aliphatic carbocycles. The second-order valence-corrected chi connectivity index (χ2v) is 2.59. The molecule has 0 bridgehead atoms. The lowest BCUT2D eigenvalue weighted by Gasteiger charge is -2.26. The average Bonchev–Trinajstić information content (AvgIpc) is 1.91. The third-order valence-electron chi connectivity index (χ3n) is 1.75. The van der Waals surface area contributed by atoms with Crippen molar-refractivity contribution in [2.45, 2.75) is 13.3 Å². The van der Waals surface area contributed by atoms with Gasteiger partial charge in [0.15, 0.2) is 0 Å². The standard InChI is InChI=1S/C7H16N2.H2O/c1-2-5-9-6-3-8-4-7-9;/h8H,2-7H2,1H3;1H2. The van der Waals surface area contributed by atoms with Gasteiger partial charge in [-0.2, -0.15) is 0 Å². The van der Waals surface area contributed by atoms with Crippen LogP contribution in [-0.4, -0.2) is 43.1 Å². The SMILES string of the molecule is CCCN1CCNCC1.O. The summed E-state index contributed by atoms with van der Waals surface area (Å²) in [6.07, 6.45) is 1.29. The van der Waals surface area contributed by atoms with E-state index in [-0.39, 0.29) is 5.48 Å². The number of rotatable bonds is 2. The van der Waals surface area contributed by atoms with Crippen LogP contribution in [0, 0.1) is 0 Å². The minimum absolute atomic E-state index is 0. The van der Waals surface area contributed by atoms with Crippen LogP contribution < -0.4 is 5.32 Å². The zero-order chi connectivity index (χ0) is 6.53. The highest BCUT2D eigenvalue weighted by molar-refractivity contribution is 4.65. The van der Waals surface area contributed by atoms with E-state index in [0.29, 0.717) is 0 Å². The first-order valence-electron chi connectivity index (χ1n) is 3.86. The fraction of sp³-hybridized carbons (Fsp3) is 1.00. The number of nitrogens with one attached hydrogen (secondary N) is 1. The number of nitrogens with zero attached hydrogens (tertiary/aromatic N) is 1. The Morgan fingerprint density at radius 2 is 1.90 bits per heavy atom. The van der Waals surface area contributed by atoms with E-state index in [0.717, 1.165) is 0 Å². The molecule has 0 unspecified atom stereocenters. The lowest BCUT2D eigenvalue weighted by atomic mass is 10.3. The molecule has 1 heterocycles. The van der Waals surface area contributed by atoms with Crippen molar-refractivity contribution < 1.29 is 5.48 Å². The molecule has 0 aromatic rings. The maximum Gasteiger partial charge on any atom is 0.0107 e. The second kappa shape index (κ2) is 5.65. The lowest BCUT2D eigenvalue weighted by molar-refractivity contribution is 0.241. The van der Waals surface area contributed by atoms with E-state index in [9.17, 15) is 0 Å². The lowest BCUT2D eigenvalue weighted by Crippen LogP contribution is -2.43. The summed E-state index contributed by atoms with van der Waals surface area (Å²) >= 11 is 0. The van der Waals surface area contributed by atoms with Gasteiger partial charge in [-0.05, 0) is 13.0 Å². The normalized spacial score (nSPS) is 20.1. The van der Waals surface area contributed by atoms with Crippen molar-refractivity contribution in [1.29, 1.82) is 0 Å². The Morgan fingerprint density at radius 3 is 2.40 bits per heavy atom. The largest absolute Gasteiger partial charge is 0.412 e. The van der Waals surface area contributed by atoms with E-state index in [1.54, 1.807) is 0 Å². The highest BCUT2D eigenvalue weighted by Crippen LogP contribution is 1.92. The van der Waals surface area contributed by atoms with E-state index in [2.05, 4.69) is 17.1 Å². The minimum atomic E-state index is 0. The maximum absolute atomic E-state index is 3.33. The van der Waals surface area contributed by atoms with Gasteiger partial charge in [0.2, 0.25) is 0 Å². The average molecular weight is 146 g/mol. The summed E-state index contributed by atoms with van der Waals surface area (Å²) in [5.74, 6) is 0. The van der Waals surface area contributed by atoms with Gasteiger partial charge >= 0.3 is 0 Å². The Bertz CT molecular complexity index is 69.3. The van der Waals surface area contributed by atoms with Crippen LogP contribution in [-0.2, 0) is 0 Å². The van der Waals surface area contributed by atoms with Gasteiger partial charge in [-0.3, -0.25) is 0 Å². The van der Waals surface area contributed by atoms with Crippen molar-refractivity contribution in [2.24, 2.45) is 0 Å². The second-order valence-electron chi connectivity index (χ2n) is 2.59. The van der Waals surface area contributed by atoms with E-state index >= 15 is 0 Å². The number of piperazine rings is 1. The summed E-state index contributed by atoms with van der Waals surface area (Å²) in [5.41, 5.74) is 0. The molecule has 1 fully saturated rings. The van der Waals surface area contributed by atoms with Gasteiger partial charge < -0.3 is 15.7 Å². The van der Waals surface area contributed by atoms with Crippen LogP contribution in [0.15, 0.2) is 0 Å². The molecule has 0 aromatic carbocycles. The first kappa shape index (κ1) is 9.88. The molecule has 0 amide bonds. The Morgan fingerprint density at radius 1 is 1.30 bits per heavy atom. The van der Waals surface area contributed by atoms with Crippen molar-refractivity contribution in [3.05, 3.63) is 0 Å². The molecule has 0 atom stereocenters. The molecular weight excluding hydrogens is 128 g/mol. The summed E-state index contributed by atoms with van der Waals surface area (Å²) in [7, 11) is 0. The van der Waals surface area contributed by atoms with Crippen molar-refractivity contribution in [3.63, 3.8) is 0 Å². The molecule has 3 N–H and O–H groups in total. The zero-order valence-corrected chi connectivity index (χ0v) is 6.69. The molecule has 62 valence electrons. The highest BCUT2D eigenvalue weighted by Gasteiger charge is 2.06. The van der Waals surface area contributed by atoms with Crippen LogP contribution in [0.3, 0.4) is 0 Å². The summed E-state index contributed by atoms with van der Waals surface area (Å²) in [4.78, 5) is 2.51. The van der Waals surface area contributed by atoms with E-state index in [1.165, 1.54) is 39.1 Å². The van der Waals surface area contributed by atoms with E-state index in [1.807, 2.05) is 0 Å². The molecular formula is C7H18N2O. The Labute approximate surface area is 62.7 Å². The first-order valence-corrected chi connectivity index (χ1v) is 3.86. The van der Waals surface area contributed by atoms with E-state index < -0.39 is 0 Å². The Kier molecular flexibility index (Phi) is 5.58. The molecule has 3 nitrogen and oxygen atoms in total. The van der Waals surface area contributed by atoms with Crippen LogP contribution in [0.5, 0.6) is 0 Å². The molecule has 0 spiro atoms. The molecule has 1 aliphatic heterocycles. The number of hydrogen-bond donors (Lipinski definition) is 1. The molecule has 1 aliphatic rings. The van der Waals surface area contributed by atoms with Crippen molar-refractivity contribution in [1.82, 2.24) is 10.2 Å². The van der Waals surface area contributed by atoms with Crippen molar-refractivity contribution >= 4 is 0 Å². The van der Waals surface area contributed by atoms with Gasteiger partial charge in [0, 0.05) is 26.2 Å².